The van der Waals surface area contributed by atoms with Gasteiger partial charge in [-0.15, -0.1) is 12.4 Å². The molecule has 0 aromatic carbocycles. The van der Waals surface area contributed by atoms with Gasteiger partial charge < -0.3 is 19.4 Å². The van der Waals surface area contributed by atoms with Crippen molar-refractivity contribution < 1.29 is 13.9 Å². The van der Waals surface area contributed by atoms with Crippen LogP contribution in [0.2, 0.25) is 0 Å². The second-order valence-corrected chi connectivity index (χ2v) is 5.29. The van der Waals surface area contributed by atoms with Crippen molar-refractivity contribution in [3.8, 4) is 0 Å². The number of hydrogen-bond donors (Lipinski definition) is 1. The Hall–Kier alpha value is -1.04. The Labute approximate surface area is 125 Å². The smallest absolute Gasteiger partial charge is 0.290 e. The number of furan rings is 1. The van der Waals surface area contributed by atoms with Crippen LogP contribution >= 0.6 is 12.4 Å². The lowest BCUT2D eigenvalue weighted by Crippen LogP contribution is -2.42. The predicted octanol–water partition coefficient (Wildman–Crippen LogP) is 1.81. The van der Waals surface area contributed by atoms with E-state index >= 15 is 0 Å². The number of nitrogens with one attached hydrogen (secondary N) is 1. The molecule has 2 fully saturated rings. The maximum Gasteiger partial charge on any atom is 0.290 e. The van der Waals surface area contributed by atoms with Gasteiger partial charge in [0.05, 0.1) is 0 Å². The highest BCUT2D eigenvalue weighted by Gasteiger charge is 2.39. The predicted molar refractivity (Wildman–Crippen MR) is 77.1 cm³/mol. The number of ether oxygens (including phenoxy) is 1. The fourth-order valence-electron chi connectivity index (χ4n) is 3.15. The zero-order chi connectivity index (χ0) is 13.2. The first-order chi connectivity index (χ1) is 9.29. The second kappa shape index (κ2) is 6.61. The van der Waals surface area contributed by atoms with Crippen LogP contribution in [-0.2, 0) is 11.3 Å². The molecule has 2 bridgehead atoms. The van der Waals surface area contributed by atoms with Gasteiger partial charge in [-0.25, -0.2) is 0 Å². The first-order valence-corrected chi connectivity index (χ1v) is 6.90. The Morgan fingerprint density at radius 3 is 3.00 bits per heavy atom. The lowest BCUT2D eigenvalue weighted by molar-refractivity contribution is 0.0640. The second-order valence-electron chi connectivity index (χ2n) is 5.29. The lowest BCUT2D eigenvalue weighted by Gasteiger charge is -2.26. The van der Waals surface area contributed by atoms with E-state index < -0.39 is 0 Å². The van der Waals surface area contributed by atoms with Crippen LogP contribution in [0.15, 0.2) is 16.5 Å². The Bertz CT molecular complexity index is 449. The van der Waals surface area contributed by atoms with E-state index in [0.717, 1.165) is 32.4 Å². The van der Waals surface area contributed by atoms with Crippen LogP contribution in [0.3, 0.4) is 0 Å². The molecule has 1 amide bonds. The third-order valence-corrected chi connectivity index (χ3v) is 4.05. The largest absolute Gasteiger partial charge is 0.453 e. The minimum atomic E-state index is 0. The summed E-state index contributed by atoms with van der Waals surface area (Å²) < 4.78 is 10.6. The van der Waals surface area contributed by atoms with E-state index in [1.165, 1.54) is 0 Å². The first kappa shape index (κ1) is 15.4. The summed E-state index contributed by atoms with van der Waals surface area (Å²) in [5.41, 5.74) is 0. The Kier molecular flexibility index (Phi) is 5.07. The summed E-state index contributed by atoms with van der Waals surface area (Å²) in [5, 5.41) is 3.40. The Balaban J connectivity index is 0.00000147. The van der Waals surface area contributed by atoms with Crippen LogP contribution in [0.4, 0.5) is 0 Å². The summed E-state index contributed by atoms with van der Waals surface area (Å²) in [5.74, 6) is 1.16. The van der Waals surface area contributed by atoms with Gasteiger partial charge in [0.2, 0.25) is 0 Å². The number of carbonyl (C=O) groups excluding carboxylic acids is 1. The summed E-state index contributed by atoms with van der Waals surface area (Å²) >= 11 is 0. The van der Waals surface area contributed by atoms with Gasteiger partial charge in [-0.05, 0) is 37.9 Å². The zero-order valence-electron chi connectivity index (χ0n) is 11.6. The number of methoxy groups -OCH3 is 1. The topological polar surface area (TPSA) is 54.7 Å². The van der Waals surface area contributed by atoms with Gasteiger partial charge in [0, 0.05) is 25.7 Å². The molecule has 1 aromatic rings. The zero-order valence-corrected chi connectivity index (χ0v) is 12.4. The first-order valence-electron chi connectivity index (χ1n) is 6.90. The third kappa shape index (κ3) is 2.85. The van der Waals surface area contributed by atoms with E-state index in [2.05, 4.69) is 5.32 Å². The Morgan fingerprint density at radius 2 is 2.20 bits per heavy atom. The molecule has 5 nitrogen and oxygen atoms in total. The molecule has 0 spiro atoms. The summed E-state index contributed by atoms with van der Waals surface area (Å²) in [6.45, 7) is 2.30. The highest BCUT2D eigenvalue weighted by molar-refractivity contribution is 5.92. The van der Waals surface area contributed by atoms with E-state index in [1.54, 1.807) is 13.2 Å². The molecular formula is C14H21ClN2O3. The van der Waals surface area contributed by atoms with Crippen molar-refractivity contribution in [1.29, 1.82) is 0 Å². The molecule has 6 heteroatoms. The fraction of sp³-hybridized carbons (Fsp3) is 0.643. The van der Waals surface area contributed by atoms with Crippen molar-refractivity contribution in [2.45, 2.75) is 38.0 Å². The molecule has 2 atom stereocenters. The molecule has 2 aliphatic rings. The standard InChI is InChI=1S/C14H20N2O3.ClH/c1-18-9-12-4-5-13(19-12)14(17)16-10-2-3-11(16)8-15-7-6-10;/h4-5,10-11,15H,2-3,6-9H2,1H3;1H. The monoisotopic (exact) mass is 300 g/mol. The average Bonchev–Trinajstić information content (AvgIpc) is 2.93. The number of hydrogen-bond acceptors (Lipinski definition) is 4. The van der Waals surface area contributed by atoms with E-state index in [-0.39, 0.29) is 18.3 Å². The number of rotatable bonds is 3. The number of halogens is 1. The number of amides is 1. The molecule has 3 heterocycles. The quantitative estimate of drug-likeness (QED) is 0.925. The number of fused-ring (bicyclic) bond motifs is 2. The summed E-state index contributed by atoms with van der Waals surface area (Å²) in [7, 11) is 1.62. The SMILES string of the molecule is COCc1ccc(C(=O)N2C3CCNCC2CC3)o1.Cl. The fourth-order valence-corrected chi connectivity index (χ4v) is 3.15. The molecule has 2 aliphatic heterocycles. The molecule has 0 radical (unpaired) electrons. The van der Waals surface area contributed by atoms with Crippen LogP contribution < -0.4 is 5.32 Å². The Morgan fingerprint density at radius 1 is 1.40 bits per heavy atom. The molecule has 2 unspecified atom stereocenters. The van der Waals surface area contributed by atoms with E-state index in [0.29, 0.717) is 30.2 Å². The minimum absolute atomic E-state index is 0. The number of carbonyl (C=O) groups is 1. The van der Waals surface area contributed by atoms with Crippen molar-refractivity contribution in [3.05, 3.63) is 23.7 Å². The van der Waals surface area contributed by atoms with Crippen molar-refractivity contribution in [2.24, 2.45) is 0 Å². The van der Waals surface area contributed by atoms with Crippen LogP contribution in [0.5, 0.6) is 0 Å². The molecule has 0 aliphatic carbocycles. The average molecular weight is 301 g/mol. The molecule has 3 rings (SSSR count). The molecule has 0 saturated carbocycles. The maximum atomic E-state index is 12.6. The highest BCUT2D eigenvalue weighted by Crippen LogP contribution is 2.29. The van der Waals surface area contributed by atoms with Gasteiger partial charge in [0.15, 0.2) is 5.76 Å². The van der Waals surface area contributed by atoms with E-state index in [9.17, 15) is 4.79 Å². The van der Waals surface area contributed by atoms with Crippen molar-refractivity contribution in [1.82, 2.24) is 10.2 Å². The van der Waals surface area contributed by atoms with Crippen LogP contribution in [0.1, 0.15) is 35.6 Å². The van der Waals surface area contributed by atoms with Crippen LogP contribution in [-0.4, -0.2) is 43.1 Å². The summed E-state index contributed by atoms with van der Waals surface area (Å²) in [6.07, 6.45) is 3.24. The van der Waals surface area contributed by atoms with Crippen LogP contribution in [0, 0.1) is 0 Å². The highest BCUT2D eigenvalue weighted by atomic mass is 35.5. The van der Waals surface area contributed by atoms with E-state index in [1.807, 2.05) is 11.0 Å². The van der Waals surface area contributed by atoms with Gasteiger partial charge in [-0.2, -0.15) is 0 Å². The van der Waals surface area contributed by atoms with E-state index in [4.69, 9.17) is 9.15 Å². The lowest BCUT2D eigenvalue weighted by atomic mass is 10.1. The molecule has 20 heavy (non-hydrogen) atoms. The molecule has 112 valence electrons. The van der Waals surface area contributed by atoms with Crippen molar-refractivity contribution in [2.75, 3.05) is 20.2 Å². The van der Waals surface area contributed by atoms with Gasteiger partial charge in [0.1, 0.15) is 12.4 Å². The summed E-state index contributed by atoms with van der Waals surface area (Å²) in [4.78, 5) is 14.6. The van der Waals surface area contributed by atoms with Crippen molar-refractivity contribution in [3.63, 3.8) is 0 Å². The minimum Gasteiger partial charge on any atom is -0.453 e. The maximum absolute atomic E-state index is 12.6. The van der Waals surface area contributed by atoms with Gasteiger partial charge in [0.25, 0.3) is 5.91 Å². The molecular weight excluding hydrogens is 280 g/mol. The molecule has 1 aromatic heterocycles. The van der Waals surface area contributed by atoms with Crippen LogP contribution in [0.25, 0.3) is 0 Å². The van der Waals surface area contributed by atoms with Gasteiger partial charge >= 0.3 is 0 Å². The molecule has 1 N–H and O–H groups in total. The summed E-state index contributed by atoms with van der Waals surface area (Å²) in [6, 6.07) is 4.25. The number of nitrogens with zero attached hydrogens (tertiary/aromatic N) is 1. The third-order valence-electron chi connectivity index (χ3n) is 4.05. The molecule has 2 saturated heterocycles. The van der Waals surface area contributed by atoms with Gasteiger partial charge in [-0.3, -0.25) is 4.79 Å². The van der Waals surface area contributed by atoms with Crippen molar-refractivity contribution >= 4 is 18.3 Å². The normalized spacial score (nSPS) is 25.1. The van der Waals surface area contributed by atoms with Gasteiger partial charge in [-0.1, -0.05) is 0 Å².